The van der Waals surface area contributed by atoms with Crippen LogP contribution in [0, 0.1) is 0 Å². The van der Waals surface area contributed by atoms with Crippen molar-refractivity contribution < 1.29 is 9.47 Å². The number of fused-ring (bicyclic) bond motifs is 1. The Bertz CT molecular complexity index is 768. The van der Waals surface area contributed by atoms with Crippen LogP contribution >= 0.6 is 11.6 Å². The van der Waals surface area contributed by atoms with E-state index in [4.69, 9.17) is 21.1 Å². The molecule has 0 aliphatic carbocycles. The molecule has 0 fully saturated rings. The maximum atomic E-state index is 6.15. The highest BCUT2D eigenvalue weighted by molar-refractivity contribution is 6.33. The highest BCUT2D eigenvalue weighted by Crippen LogP contribution is 2.34. The second kappa shape index (κ2) is 5.06. The Morgan fingerprint density at radius 2 is 2.00 bits per heavy atom. The largest absolute Gasteiger partial charge is 0.497 e. The molecule has 2 aromatic heterocycles. The Morgan fingerprint density at radius 3 is 2.75 bits per heavy atom. The Balaban J connectivity index is 2.27. The zero-order valence-electron chi connectivity index (χ0n) is 11.1. The first kappa shape index (κ1) is 12.8. The van der Waals surface area contributed by atoms with Crippen LogP contribution < -0.4 is 9.47 Å². The van der Waals surface area contributed by atoms with E-state index in [9.17, 15) is 0 Å². The minimum Gasteiger partial charge on any atom is -0.497 e. The van der Waals surface area contributed by atoms with Crippen molar-refractivity contribution >= 4 is 17.2 Å². The van der Waals surface area contributed by atoms with E-state index in [-0.39, 0.29) is 0 Å². The minimum absolute atomic E-state index is 0.612. The Hall–Kier alpha value is -2.20. The van der Waals surface area contributed by atoms with E-state index in [1.54, 1.807) is 20.4 Å². The van der Waals surface area contributed by atoms with Crippen molar-refractivity contribution in [3.05, 3.63) is 47.7 Å². The van der Waals surface area contributed by atoms with Crippen molar-refractivity contribution in [1.29, 1.82) is 0 Å². The minimum atomic E-state index is 0.612. The van der Waals surface area contributed by atoms with Gasteiger partial charge in [0.25, 0.3) is 0 Å². The lowest BCUT2D eigenvalue weighted by molar-refractivity contribution is 0.404. The van der Waals surface area contributed by atoms with Crippen molar-refractivity contribution in [3.8, 4) is 22.8 Å². The van der Waals surface area contributed by atoms with Gasteiger partial charge in [-0.25, -0.2) is 4.98 Å². The molecule has 0 aliphatic rings. The SMILES string of the molecule is COc1ccc(OC)c(-c2cnc3c(Cl)cccn23)c1. The molecule has 4 nitrogen and oxygen atoms in total. The van der Waals surface area contributed by atoms with Gasteiger partial charge in [-0.1, -0.05) is 11.6 Å². The van der Waals surface area contributed by atoms with E-state index in [1.807, 2.05) is 40.9 Å². The van der Waals surface area contributed by atoms with Gasteiger partial charge in [0.15, 0.2) is 5.65 Å². The zero-order valence-corrected chi connectivity index (χ0v) is 11.9. The fourth-order valence-electron chi connectivity index (χ4n) is 2.19. The van der Waals surface area contributed by atoms with Crippen LogP contribution in [0.4, 0.5) is 0 Å². The third kappa shape index (κ3) is 1.98. The Kier molecular flexibility index (Phi) is 3.24. The van der Waals surface area contributed by atoms with Crippen molar-refractivity contribution in [2.24, 2.45) is 0 Å². The summed E-state index contributed by atoms with van der Waals surface area (Å²) in [6.45, 7) is 0. The number of rotatable bonds is 3. The summed E-state index contributed by atoms with van der Waals surface area (Å²) in [6, 6.07) is 9.35. The number of ether oxygens (including phenoxy) is 2. The van der Waals surface area contributed by atoms with Gasteiger partial charge in [-0.2, -0.15) is 0 Å². The smallest absolute Gasteiger partial charge is 0.156 e. The maximum Gasteiger partial charge on any atom is 0.156 e. The zero-order chi connectivity index (χ0) is 14.1. The van der Waals surface area contributed by atoms with Crippen LogP contribution in [0.3, 0.4) is 0 Å². The van der Waals surface area contributed by atoms with Gasteiger partial charge in [0.2, 0.25) is 0 Å². The monoisotopic (exact) mass is 288 g/mol. The number of hydrogen-bond acceptors (Lipinski definition) is 3. The van der Waals surface area contributed by atoms with Crippen LogP contribution in [0.2, 0.25) is 5.02 Å². The average Bonchev–Trinajstić information content (AvgIpc) is 2.92. The summed E-state index contributed by atoms with van der Waals surface area (Å²) in [5.74, 6) is 1.52. The number of benzene rings is 1. The molecule has 1 aromatic carbocycles. The lowest BCUT2D eigenvalue weighted by Gasteiger charge is -2.10. The predicted molar refractivity (Wildman–Crippen MR) is 78.7 cm³/mol. The van der Waals surface area contributed by atoms with E-state index < -0.39 is 0 Å². The Labute approximate surface area is 121 Å². The molecule has 20 heavy (non-hydrogen) atoms. The molecule has 0 radical (unpaired) electrons. The van der Waals surface area contributed by atoms with E-state index in [2.05, 4.69) is 4.98 Å². The summed E-state index contributed by atoms with van der Waals surface area (Å²) in [4.78, 5) is 4.36. The summed E-state index contributed by atoms with van der Waals surface area (Å²) in [7, 11) is 3.28. The first-order valence-electron chi connectivity index (χ1n) is 6.08. The van der Waals surface area contributed by atoms with Gasteiger partial charge >= 0.3 is 0 Å². The highest BCUT2D eigenvalue weighted by Gasteiger charge is 2.13. The van der Waals surface area contributed by atoms with E-state index in [1.165, 1.54) is 0 Å². The average molecular weight is 289 g/mol. The second-order valence-corrected chi connectivity index (χ2v) is 4.67. The summed E-state index contributed by atoms with van der Waals surface area (Å²) in [5, 5.41) is 0.612. The Morgan fingerprint density at radius 1 is 1.15 bits per heavy atom. The molecule has 3 aromatic rings. The van der Waals surface area contributed by atoms with Crippen LogP contribution in [0.5, 0.6) is 11.5 Å². The molecular formula is C15H13ClN2O2. The van der Waals surface area contributed by atoms with Crippen LogP contribution in [0.15, 0.2) is 42.7 Å². The molecule has 0 atom stereocenters. The third-order valence-corrected chi connectivity index (χ3v) is 3.47. The molecule has 2 heterocycles. The molecule has 5 heteroatoms. The molecule has 0 unspecified atom stereocenters. The normalized spacial score (nSPS) is 10.8. The quantitative estimate of drug-likeness (QED) is 0.738. The molecule has 3 rings (SSSR count). The van der Waals surface area contributed by atoms with Crippen LogP contribution in [-0.2, 0) is 0 Å². The van der Waals surface area contributed by atoms with Gasteiger partial charge < -0.3 is 9.47 Å². The highest BCUT2D eigenvalue weighted by atomic mass is 35.5. The molecule has 0 N–H and O–H groups in total. The fourth-order valence-corrected chi connectivity index (χ4v) is 2.40. The van der Waals surface area contributed by atoms with Crippen molar-refractivity contribution in [2.75, 3.05) is 14.2 Å². The number of hydrogen-bond donors (Lipinski definition) is 0. The van der Waals surface area contributed by atoms with Gasteiger partial charge in [-0.15, -0.1) is 0 Å². The van der Waals surface area contributed by atoms with Gasteiger partial charge in [0.1, 0.15) is 11.5 Å². The maximum absolute atomic E-state index is 6.15. The van der Waals surface area contributed by atoms with E-state index >= 15 is 0 Å². The number of pyridine rings is 1. The number of methoxy groups -OCH3 is 2. The summed E-state index contributed by atoms with van der Waals surface area (Å²) >= 11 is 6.15. The summed E-state index contributed by atoms with van der Waals surface area (Å²) < 4.78 is 12.6. The molecule has 0 amide bonds. The van der Waals surface area contributed by atoms with Crippen molar-refractivity contribution in [3.63, 3.8) is 0 Å². The van der Waals surface area contributed by atoms with E-state index in [0.717, 1.165) is 22.8 Å². The number of imidazole rings is 1. The van der Waals surface area contributed by atoms with Gasteiger partial charge in [-0.3, -0.25) is 4.40 Å². The predicted octanol–water partition coefficient (Wildman–Crippen LogP) is 3.67. The van der Waals surface area contributed by atoms with Crippen LogP contribution in [0.25, 0.3) is 16.9 Å². The lowest BCUT2D eigenvalue weighted by atomic mass is 10.1. The van der Waals surface area contributed by atoms with Gasteiger partial charge in [0, 0.05) is 11.8 Å². The van der Waals surface area contributed by atoms with Gasteiger partial charge in [0.05, 0.1) is 31.1 Å². The summed E-state index contributed by atoms with van der Waals surface area (Å²) in [6.07, 6.45) is 3.70. The van der Waals surface area contributed by atoms with Crippen molar-refractivity contribution in [1.82, 2.24) is 9.38 Å². The topological polar surface area (TPSA) is 35.8 Å². The molecule has 0 spiro atoms. The van der Waals surface area contributed by atoms with E-state index in [0.29, 0.717) is 10.7 Å². The molecule has 0 bridgehead atoms. The molecule has 0 aliphatic heterocycles. The molecule has 0 saturated heterocycles. The third-order valence-electron chi connectivity index (χ3n) is 3.17. The molecule has 102 valence electrons. The number of aromatic nitrogens is 2. The molecule has 0 saturated carbocycles. The second-order valence-electron chi connectivity index (χ2n) is 4.26. The fraction of sp³-hybridized carbons (Fsp3) is 0.133. The van der Waals surface area contributed by atoms with Crippen LogP contribution in [0.1, 0.15) is 0 Å². The standard InChI is InChI=1S/C15H13ClN2O2/c1-19-10-5-6-14(20-2)11(8-10)13-9-17-15-12(16)4-3-7-18(13)15/h3-9H,1-2H3. The first-order chi connectivity index (χ1) is 9.74. The molecular weight excluding hydrogens is 276 g/mol. The number of nitrogens with zero attached hydrogens (tertiary/aromatic N) is 2. The first-order valence-corrected chi connectivity index (χ1v) is 6.46. The van der Waals surface area contributed by atoms with Crippen LogP contribution in [-0.4, -0.2) is 23.6 Å². The lowest BCUT2D eigenvalue weighted by Crippen LogP contribution is -1.93. The van der Waals surface area contributed by atoms with Crippen molar-refractivity contribution in [2.45, 2.75) is 0 Å². The van der Waals surface area contributed by atoms with Gasteiger partial charge in [-0.05, 0) is 30.3 Å². The number of halogens is 1. The summed E-state index contributed by atoms with van der Waals surface area (Å²) in [5.41, 5.74) is 2.52.